The zero-order valence-electron chi connectivity index (χ0n) is 18.2. The summed E-state index contributed by atoms with van der Waals surface area (Å²) in [5, 5.41) is 5.62. The Kier molecular flexibility index (Phi) is 4.61. The molecule has 7 heteroatoms. The van der Waals surface area contributed by atoms with Crippen LogP contribution in [0.2, 0.25) is 0 Å². The van der Waals surface area contributed by atoms with Crippen molar-refractivity contribution in [3.05, 3.63) is 72.1 Å². The first-order chi connectivity index (χ1) is 15.6. The number of thioether (sulfide) groups is 1. The molecule has 6 nitrogen and oxygen atoms in total. The Labute approximate surface area is 191 Å². The number of carbonyl (C=O) groups is 1. The molecule has 1 amide bonds. The molecule has 1 saturated heterocycles. The number of piperidine rings is 1. The predicted molar refractivity (Wildman–Crippen MR) is 126 cm³/mol. The third-order valence-electron chi connectivity index (χ3n) is 6.74. The summed E-state index contributed by atoms with van der Waals surface area (Å²) < 4.78 is 3.94. The smallest absolute Gasteiger partial charge is 0.272 e. The van der Waals surface area contributed by atoms with Crippen LogP contribution in [-0.2, 0) is 7.05 Å². The lowest BCUT2D eigenvalue weighted by Gasteiger charge is -2.27. The van der Waals surface area contributed by atoms with E-state index in [9.17, 15) is 4.79 Å². The van der Waals surface area contributed by atoms with Crippen LogP contribution < -0.4 is 0 Å². The summed E-state index contributed by atoms with van der Waals surface area (Å²) in [6.07, 6.45) is 1.23. The summed E-state index contributed by atoms with van der Waals surface area (Å²) in [5.74, 6) is 2.19. The van der Waals surface area contributed by atoms with E-state index in [1.807, 2.05) is 55.5 Å². The lowest BCUT2D eigenvalue weighted by Crippen LogP contribution is -2.40. The Morgan fingerprint density at radius 3 is 2.72 bits per heavy atom. The van der Waals surface area contributed by atoms with E-state index in [-0.39, 0.29) is 11.9 Å². The van der Waals surface area contributed by atoms with Gasteiger partial charge in [-0.05, 0) is 55.5 Å². The number of nitrogens with zero attached hydrogens (tertiary/aromatic N) is 5. The Bertz CT molecular complexity index is 1310. The molecule has 1 aliphatic carbocycles. The average molecular weight is 444 g/mol. The highest BCUT2D eigenvalue weighted by molar-refractivity contribution is 7.99. The van der Waals surface area contributed by atoms with Gasteiger partial charge in [0.25, 0.3) is 5.91 Å². The van der Waals surface area contributed by atoms with Gasteiger partial charge in [-0.3, -0.25) is 4.79 Å². The van der Waals surface area contributed by atoms with Crippen molar-refractivity contribution in [1.82, 2.24) is 24.2 Å². The molecule has 0 N–H and O–H groups in total. The van der Waals surface area contributed by atoms with Crippen LogP contribution in [-0.4, -0.2) is 48.5 Å². The molecule has 32 heavy (non-hydrogen) atoms. The van der Waals surface area contributed by atoms with Crippen molar-refractivity contribution in [3.8, 4) is 5.69 Å². The number of hydrogen-bond donors (Lipinski definition) is 0. The van der Waals surface area contributed by atoms with Crippen molar-refractivity contribution in [1.29, 1.82) is 0 Å². The van der Waals surface area contributed by atoms with Gasteiger partial charge in [0.05, 0.1) is 22.4 Å². The SMILES string of the molecule is Cc1cc(C(=O)N2C[C@H]3C[C@H]3[C@H]2CSc2nc3ccccc3n2C)n(-c2ccccc2)n1. The fraction of sp³-hybridized carbons (Fsp3) is 0.320. The molecular weight excluding hydrogens is 418 g/mol. The van der Waals surface area contributed by atoms with E-state index >= 15 is 0 Å². The molecule has 0 bridgehead atoms. The van der Waals surface area contributed by atoms with Crippen LogP contribution in [0.1, 0.15) is 22.6 Å². The van der Waals surface area contributed by atoms with Crippen molar-refractivity contribution in [2.45, 2.75) is 24.5 Å². The van der Waals surface area contributed by atoms with Gasteiger partial charge in [0.2, 0.25) is 0 Å². The minimum Gasteiger partial charge on any atom is -0.333 e. The quantitative estimate of drug-likeness (QED) is 0.431. The van der Waals surface area contributed by atoms with Crippen molar-refractivity contribution < 1.29 is 4.79 Å². The van der Waals surface area contributed by atoms with Gasteiger partial charge in [-0.25, -0.2) is 9.67 Å². The van der Waals surface area contributed by atoms with Gasteiger partial charge in [-0.2, -0.15) is 5.10 Å². The van der Waals surface area contributed by atoms with Gasteiger partial charge in [0.15, 0.2) is 5.16 Å². The van der Waals surface area contributed by atoms with Gasteiger partial charge in [-0.1, -0.05) is 42.1 Å². The van der Waals surface area contributed by atoms with E-state index in [0.29, 0.717) is 17.5 Å². The summed E-state index contributed by atoms with van der Waals surface area (Å²) in [7, 11) is 2.07. The molecule has 2 aromatic heterocycles. The largest absolute Gasteiger partial charge is 0.333 e. The number of aryl methyl sites for hydroxylation is 2. The van der Waals surface area contributed by atoms with Crippen molar-refractivity contribution in [3.63, 3.8) is 0 Å². The van der Waals surface area contributed by atoms with Crippen molar-refractivity contribution >= 4 is 28.7 Å². The van der Waals surface area contributed by atoms with Crippen LogP contribution in [0, 0.1) is 18.8 Å². The molecule has 162 valence electrons. The molecule has 1 saturated carbocycles. The van der Waals surface area contributed by atoms with Gasteiger partial charge >= 0.3 is 0 Å². The van der Waals surface area contributed by atoms with E-state index in [1.54, 1.807) is 16.4 Å². The number of benzene rings is 2. The highest BCUT2D eigenvalue weighted by atomic mass is 32.2. The van der Waals surface area contributed by atoms with Crippen molar-refractivity contribution in [2.75, 3.05) is 12.3 Å². The first kappa shape index (κ1) is 19.6. The maximum absolute atomic E-state index is 13.7. The Morgan fingerprint density at radius 1 is 1.12 bits per heavy atom. The van der Waals surface area contributed by atoms with Gasteiger partial charge in [-0.15, -0.1) is 0 Å². The van der Waals surface area contributed by atoms with E-state index in [1.165, 1.54) is 6.42 Å². The van der Waals surface area contributed by atoms with Crippen LogP contribution in [0.15, 0.2) is 65.8 Å². The zero-order valence-corrected chi connectivity index (χ0v) is 19.0. The molecule has 2 fully saturated rings. The van der Waals surface area contributed by atoms with Gasteiger partial charge in [0.1, 0.15) is 5.69 Å². The first-order valence-electron chi connectivity index (χ1n) is 11.1. The molecule has 0 spiro atoms. The van der Waals surface area contributed by atoms with E-state index in [0.717, 1.165) is 39.9 Å². The summed E-state index contributed by atoms with van der Waals surface area (Å²) in [6.45, 7) is 2.78. The molecule has 2 aromatic carbocycles. The second-order valence-electron chi connectivity index (χ2n) is 8.86. The second kappa shape index (κ2) is 7.52. The second-order valence-corrected chi connectivity index (χ2v) is 9.84. The standard InChI is InChI=1S/C25H25N5OS/c1-16-12-22(30(27-16)18-8-4-3-5-9-18)24(31)29-14-17-13-19(17)23(29)15-32-25-26-20-10-6-7-11-21(20)28(25)2/h3-12,17,19,23H,13-15H2,1-2H3/t17-,19-,23-/m1/s1. The number of amides is 1. The highest BCUT2D eigenvalue weighted by Crippen LogP contribution is 2.51. The normalized spacial score (nSPS) is 21.8. The summed E-state index contributed by atoms with van der Waals surface area (Å²) in [6, 6.07) is 20.3. The molecule has 3 atom stereocenters. The molecule has 0 unspecified atom stereocenters. The van der Waals surface area contributed by atoms with Crippen molar-refractivity contribution in [2.24, 2.45) is 18.9 Å². The zero-order chi connectivity index (χ0) is 21.8. The van der Waals surface area contributed by atoms with Crippen LogP contribution in [0.4, 0.5) is 0 Å². The summed E-state index contributed by atoms with van der Waals surface area (Å²) >= 11 is 1.76. The number of fused-ring (bicyclic) bond motifs is 2. The number of rotatable bonds is 5. The predicted octanol–water partition coefficient (Wildman–Crippen LogP) is 4.32. The molecule has 6 rings (SSSR count). The number of hydrogen-bond acceptors (Lipinski definition) is 4. The Hall–Kier alpha value is -3.06. The van der Waals surface area contributed by atoms with Crippen LogP contribution in [0.3, 0.4) is 0 Å². The fourth-order valence-corrected chi connectivity index (χ4v) is 6.20. The topological polar surface area (TPSA) is 56.0 Å². The molecule has 4 aromatic rings. The lowest BCUT2D eigenvalue weighted by atomic mass is 10.2. The van der Waals surface area contributed by atoms with E-state index in [4.69, 9.17) is 4.98 Å². The maximum Gasteiger partial charge on any atom is 0.272 e. The number of likely N-dealkylation sites (tertiary alicyclic amines) is 1. The van der Waals surface area contributed by atoms with Gasteiger partial charge < -0.3 is 9.47 Å². The van der Waals surface area contributed by atoms with Gasteiger partial charge in [0, 0.05) is 25.4 Å². The molecule has 2 aliphatic rings. The lowest BCUT2D eigenvalue weighted by molar-refractivity contribution is 0.0713. The minimum absolute atomic E-state index is 0.0808. The first-order valence-corrected chi connectivity index (χ1v) is 12.1. The molecule has 3 heterocycles. The van der Waals surface area contributed by atoms with Crippen LogP contribution in [0.25, 0.3) is 16.7 Å². The summed E-state index contributed by atoms with van der Waals surface area (Å²) in [4.78, 5) is 20.6. The molecule has 0 radical (unpaired) electrons. The minimum atomic E-state index is 0.0808. The number of aromatic nitrogens is 4. The monoisotopic (exact) mass is 443 g/mol. The van der Waals surface area contributed by atoms with Crippen LogP contribution in [0.5, 0.6) is 0 Å². The number of carbonyl (C=O) groups excluding carboxylic acids is 1. The number of para-hydroxylation sites is 3. The summed E-state index contributed by atoms with van der Waals surface area (Å²) in [5.41, 5.74) is 4.57. The number of imidazole rings is 1. The Morgan fingerprint density at radius 2 is 1.91 bits per heavy atom. The van der Waals surface area contributed by atoms with E-state index in [2.05, 4.69) is 33.7 Å². The van der Waals surface area contributed by atoms with Crippen LogP contribution >= 0.6 is 11.8 Å². The van der Waals surface area contributed by atoms with E-state index < -0.39 is 0 Å². The third-order valence-corrected chi connectivity index (χ3v) is 7.88. The molecular formula is C25H25N5OS. The maximum atomic E-state index is 13.7. The molecule has 1 aliphatic heterocycles. The highest BCUT2D eigenvalue weighted by Gasteiger charge is 2.54. The Balaban J connectivity index is 1.26. The third kappa shape index (κ3) is 3.23. The average Bonchev–Trinajstić information content (AvgIpc) is 3.16. The fourth-order valence-electron chi connectivity index (χ4n) is 5.00.